The Morgan fingerprint density at radius 3 is 2.67 bits per heavy atom. The zero-order valence-electron chi connectivity index (χ0n) is 14.1. The van der Waals surface area contributed by atoms with E-state index >= 15 is 0 Å². The molecule has 6 heteroatoms. The summed E-state index contributed by atoms with van der Waals surface area (Å²) < 4.78 is 0. The average Bonchev–Trinajstić information content (AvgIpc) is 3.06. The number of hydrogen-bond donors (Lipinski definition) is 2. The Bertz CT molecular complexity index is 602. The van der Waals surface area contributed by atoms with Crippen molar-refractivity contribution in [2.45, 2.75) is 44.8 Å². The van der Waals surface area contributed by atoms with Crippen LogP contribution in [0.1, 0.15) is 42.1 Å². The number of nitrogens with zero attached hydrogens (tertiary/aromatic N) is 2. The Kier molecular flexibility index (Phi) is 5.04. The topological polar surface area (TPSA) is 72.9 Å². The van der Waals surface area contributed by atoms with Crippen LogP contribution in [-0.4, -0.2) is 58.6 Å². The minimum Gasteiger partial charge on any atom is -0.478 e. The predicted molar refractivity (Wildman–Crippen MR) is 91.0 cm³/mol. The van der Waals surface area contributed by atoms with Gasteiger partial charge in [-0.3, -0.25) is 4.90 Å². The predicted octanol–water partition coefficient (Wildman–Crippen LogP) is 2.15. The maximum absolute atomic E-state index is 12.6. The van der Waals surface area contributed by atoms with Gasteiger partial charge in [0.25, 0.3) is 0 Å². The smallest absolute Gasteiger partial charge is 0.335 e. The molecule has 2 amide bonds. The van der Waals surface area contributed by atoms with E-state index in [1.165, 1.54) is 12.8 Å². The fourth-order valence-corrected chi connectivity index (χ4v) is 3.73. The highest BCUT2D eigenvalue weighted by Crippen LogP contribution is 2.25. The van der Waals surface area contributed by atoms with Gasteiger partial charge in [-0.2, -0.15) is 0 Å². The molecule has 0 aromatic heterocycles. The SMILES string of the molecule is CCC1CN2CCCC2CN1C(=O)NCc1ccc(C(=O)O)cc1. The molecule has 1 aromatic carbocycles. The molecule has 2 aliphatic rings. The van der Waals surface area contributed by atoms with Crippen LogP contribution in [0.15, 0.2) is 24.3 Å². The number of carbonyl (C=O) groups excluding carboxylic acids is 1. The molecule has 2 fully saturated rings. The normalized spacial score (nSPS) is 23.8. The molecule has 0 saturated carbocycles. The first-order valence-corrected chi connectivity index (χ1v) is 8.69. The minimum absolute atomic E-state index is 0.0179. The van der Waals surface area contributed by atoms with E-state index in [1.54, 1.807) is 24.3 Å². The summed E-state index contributed by atoms with van der Waals surface area (Å²) in [6, 6.07) is 7.38. The number of carbonyl (C=O) groups is 2. The van der Waals surface area contributed by atoms with E-state index in [0.717, 1.165) is 31.6 Å². The largest absolute Gasteiger partial charge is 0.478 e. The van der Waals surface area contributed by atoms with Crippen molar-refractivity contribution in [3.05, 3.63) is 35.4 Å². The lowest BCUT2D eigenvalue weighted by Gasteiger charge is -2.43. The summed E-state index contributed by atoms with van der Waals surface area (Å²) in [5, 5.41) is 11.9. The second-order valence-electron chi connectivity index (χ2n) is 6.67. The van der Waals surface area contributed by atoms with Crippen molar-refractivity contribution in [3.8, 4) is 0 Å². The molecule has 0 spiro atoms. The maximum atomic E-state index is 12.6. The molecule has 2 saturated heterocycles. The molecule has 2 atom stereocenters. The monoisotopic (exact) mass is 331 g/mol. The van der Waals surface area contributed by atoms with Gasteiger partial charge in [0.2, 0.25) is 0 Å². The molecule has 2 unspecified atom stereocenters. The van der Waals surface area contributed by atoms with Gasteiger partial charge in [-0.15, -0.1) is 0 Å². The lowest BCUT2D eigenvalue weighted by molar-refractivity contribution is 0.0695. The Morgan fingerprint density at radius 2 is 2.00 bits per heavy atom. The molecular weight excluding hydrogens is 306 g/mol. The van der Waals surface area contributed by atoms with E-state index in [0.29, 0.717) is 12.6 Å². The van der Waals surface area contributed by atoms with Crippen LogP contribution in [0.4, 0.5) is 4.79 Å². The Balaban J connectivity index is 1.58. The van der Waals surface area contributed by atoms with Gasteiger partial charge in [-0.05, 0) is 43.5 Å². The van der Waals surface area contributed by atoms with Crippen LogP contribution < -0.4 is 5.32 Å². The van der Waals surface area contributed by atoms with Gasteiger partial charge in [0.05, 0.1) is 5.56 Å². The van der Waals surface area contributed by atoms with Gasteiger partial charge >= 0.3 is 12.0 Å². The summed E-state index contributed by atoms with van der Waals surface area (Å²) in [6.45, 7) is 5.49. The number of fused-ring (bicyclic) bond motifs is 1. The first kappa shape index (κ1) is 16.8. The highest BCUT2D eigenvalue weighted by atomic mass is 16.4. The first-order valence-electron chi connectivity index (χ1n) is 8.69. The summed E-state index contributed by atoms with van der Waals surface area (Å²) in [5.41, 5.74) is 1.16. The lowest BCUT2D eigenvalue weighted by atomic mass is 10.1. The van der Waals surface area contributed by atoms with E-state index in [-0.39, 0.29) is 17.6 Å². The molecule has 6 nitrogen and oxygen atoms in total. The Labute approximate surface area is 142 Å². The van der Waals surface area contributed by atoms with Crippen molar-refractivity contribution in [3.63, 3.8) is 0 Å². The number of carboxylic acid groups (broad SMARTS) is 1. The molecule has 2 N–H and O–H groups in total. The van der Waals surface area contributed by atoms with Crippen molar-refractivity contribution in [2.24, 2.45) is 0 Å². The summed E-state index contributed by atoms with van der Waals surface area (Å²) in [6.07, 6.45) is 3.37. The van der Waals surface area contributed by atoms with Crippen molar-refractivity contribution in [1.82, 2.24) is 15.1 Å². The number of amides is 2. The van der Waals surface area contributed by atoms with Crippen LogP contribution in [0.3, 0.4) is 0 Å². The van der Waals surface area contributed by atoms with Crippen LogP contribution in [0, 0.1) is 0 Å². The number of nitrogens with one attached hydrogen (secondary N) is 1. The fraction of sp³-hybridized carbons (Fsp3) is 0.556. The maximum Gasteiger partial charge on any atom is 0.335 e. The van der Waals surface area contributed by atoms with E-state index in [9.17, 15) is 9.59 Å². The van der Waals surface area contributed by atoms with Crippen molar-refractivity contribution < 1.29 is 14.7 Å². The number of carboxylic acids is 1. The first-order chi connectivity index (χ1) is 11.6. The second kappa shape index (κ2) is 7.21. The third-order valence-electron chi connectivity index (χ3n) is 5.17. The van der Waals surface area contributed by atoms with Crippen molar-refractivity contribution in [1.29, 1.82) is 0 Å². The van der Waals surface area contributed by atoms with Crippen LogP contribution in [0.25, 0.3) is 0 Å². The van der Waals surface area contributed by atoms with E-state index in [2.05, 4.69) is 17.1 Å². The summed E-state index contributed by atoms with van der Waals surface area (Å²) in [7, 11) is 0. The fourth-order valence-electron chi connectivity index (χ4n) is 3.73. The van der Waals surface area contributed by atoms with Gasteiger partial charge in [-0.1, -0.05) is 19.1 Å². The third-order valence-corrected chi connectivity index (χ3v) is 5.17. The third kappa shape index (κ3) is 3.53. The van der Waals surface area contributed by atoms with Crippen LogP contribution in [0.2, 0.25) is 0 Å². The van der Waals surface area contributed by atoms with Crippen LogP contribution >= 0.6 is 0 Å². The molecule has 0 aliphatic carbocycles. The number of rotatable bonds is 4. The summed E-state index contributed by atoms with van der Waals surface area (Å²) >= 11 is 0. The van der Waals surface area contributed by atoms with Gasteiger partial charge < -0.3 is 15.3 Å². The molecule has 0 bridgehead atoms. The zero-order chi connectivity index (χ0) is 17.1. The molecular formula is C18H25N3O3. The highest BCUT2D eigenvalue weighted by Gasteiger charge is 2.37. The molecule has 0 radical (unpaired) electrons. The van der Waals surface area contributed by atoms with Gasteiger partial charge in [-0.25, -0.2) is 9.59 Å². The average molecular weight is 331 g/mol. The Hall–Kier alpha value is -2.08. The quantitative estimate of drug-likeness (QED) is 0.887. The summed E-state index contributed by atoms with van der Waals surface area (Å²) in [4.78, 5) is 28.0. The highest BCUT2D eigenvalue weighted by molar-refractivity contribution is 5.87. The Morgan fingerprint density at radius 1 is 1.25 bits per heavy atom. The standard InChI is InChI=1S/C18H25N3O3/c1-2-15-11-20-9-3-4-16(20)12-21(15)18(24)19-10-13-5-7-14(8-6-13)17(22)23/h5-8,15-16H,2-4,9-12H2,1H3,(H,19,24)(H,22,23). The van der Waals surface area contributed by atoms with Crippen molar-refractivity contribution in [2.75, 3.05) is 19.6 Å². The zero-order valence-corrected chi connectivity index (χ0v) is 14.1. The molecule has 24 heavy (non-hydrogen) atoms. The molecule has 1 aromatic rings. The molecule has 2 heterocycles. The summed E-state index contributed by atoms with van der Waals surface area (Å²) in [5.74, 6) is -0.939. The van der Waals surface area contributed by atoms with Crippen molar-refractivity contribution >= 4 is 12.0 Å². The van der Waals surface area contributed by atoms with E-state index in [4.69, 9.17) is 5.11 Å². The lowest BCUT2D eigenvalue weighted by Crippen LogP contribution is -2.59. The van der Waals surface area contributed by atoms with Crippen LogP contribution in [0.5, 0.6) is 0 Å². The van der Waals surface area contributed by atoms with Gasteiger partial charge in [0, 0.05) is 31.7 Å². The van der Waals surface area contributed by atoms with Gasteiger partial charge in [0.1, 0.15) is 0 Å². The minimum atomic E-state index is -0.939. The number of urea groups is 1. The number of benzene rings is 1. The molecule has 130 valence electrons. The molecule has 3 rings (SSSR count). The van der Waals surface area contributed by atoms with Gasteiger partial charge in [0.15, 0.2) is 0 Å². The van der Waals surface area contributed by atoms with Crippen LogP contribution in [-0.2, 0) is 6.54 Å². The number of hydrogen-bond acceptors (Lipinski definition) is 3. The van der Waals surface area contributed by atoms with E-state index < -0.39 is 5.97 Å². The van der Waals surface area contributed by atoms with E-state index in [1.807, 2.05) is 4.90 Å². The second-order valence-corrected chi connectivity index (χ2v) is 6.67. The number of aromatic carboxylic acids is 1. The molecule has 2 aliphatic heterocycles. The number of piperazine rings is 1.